The Labute approximate surface area is 81.5 Å². The molecule has 0 spiro atoms. The third-order valence-corrected chi connectivity index (χ3v) is 2.38. The fourth-order valence-corrected chi connectivity index (χ4v) is 1.56. The van der Waals surface area contributed by atoms with Crippen molar-refractivity contribution in [3.05, 3.63) is 0 Å². The molecule has 80 valence electrons. The molecular formula is C8H16F3NS. The predicted octanol–water partition coefficient (Wildman–Crippen LogP) is 2.67. The zero-order valence-corrected chi connectivity index (χ0v) is 8.76. The molecule has 0 rings (SSSR count). The molecule has 0 aliphatic heterocycles. The van der Waals surface area contributed by atoms with Gasteiger partial charge in [0.25, 0.3) is 0 Å². The van der Waals surface area contributed by atoms with E-state index in [9.17, 15) is 13.2 Å². The number of thioether (sulfide) groups is 1. The fraction of sp³-hybridized carbons (Fsp3) is 1.00. The van der Waals surface area contributed by atoms with Crippen molar-refractivity contribution in [3.63, 3.8) is 0 Å². The van der Waals surface area contributed by atoms with E-state index >= 15 is 0 Å². The minimum Gasteiger partial charge on any atom is -0.313 e. The quantitative estimate of drug-likeness (QED) is 0.684. The number of alkyl halides is 3. The molecule has 1 N–H and O–H groups in total. The molecule has 0 aliphatic carbocycles. The molecule has 0 aliphatic rings. The minimum absolute atomic E-state index is 0.169. The average Bonchev–Trinajstić information content (AvgIpc) is 1.97. The number of hydrogen-bond donors (Lipinski definition) is 1. The minimum atomic E-state index is -4.01. The van der Waals surface area contributed by atoms with Gasteiger partial charge in [-0.15, -0.1) is 0 Å². The van der Waals surface area contributed by atoms with Crippen LogP contribution in [0.1, 0.15) is 19.8 Å². The van der Waals surface area contributed by atoms with Gasteiger partial charge in [-0.1, -0.05) is 0 Å². The molecule has 0 saturated carbocycles. The Morgan fingerprint density at radius 3 is 2.46 bits per heavy atom. The van der Waals surface area contributed by atoms with Gasteiger partial charge in [0.15, 0.2) is 0 Å². The zero-order valence-electron chi connectivity index (χ0n) is 7.95. The molecule has 13 heavy (non-hydrogen) atoms. The molecule has 0 aromatic heterocycles. The summed E-state index contributed by atoms with van der Waals surface area (Å²) in [4.78, 5) is 0. The number of nitrogens with one attached hydrogen (secondary N) is 1. The van der Waals surface area contributed by atoms with Crippen molar-refractivity contribution in [1.29, 1.82) is 0 Å². The molecule has 0 bridgehead atoms. The lowest BCUT2D eigenvalue weighted by Gasteiger charge is -2.12. The van der Waals surface area contributed by atoms with Crippen molar-refractivity contribution >= 4 is 11.8 Å². The molecule has 1 unspecified atom stereocenters. The van der Waals surface area contributed by atoms with Gasteiger partial charge in [-0.25, -0.2) is 0 Å². The average molecular weight is 215 g/mol. The summed E-state index contributed by atoms with van der Waals surface area (Å²) in [6, 6.07) is 0.295. The highest BCUT2D eigenvalue weighted by molar-refractivity contribution is 7.98. The molecule has 0 fully saturated rings. The van der Waals surface area contributed by atoms with Gasteiger partial charge in [0.1, 0.15) is 0 Å². The first-order chi connectivity index (χ1) is 5.95. The first kappa shape index (κ1) is 13.1. The summed E-state index contributed by atoms with van der Waals surface area (Å²) in [5.74, 6) is 0.937. The highest BCUT2D eigenvalue weighted by Gasteiger charge is 2.25. The lowest BCUT2D eigenvalue weighted by Crippen LogP contribution is -2.29. The lowest BCUT2D eigenvalue weighted by molar-refractivity contribution is -0.135. The van der Waals surface area contributed by atoms with Crippen molar-refractivity contribution < 1.29 is 13.2 Å². The van der Waals surface area contributed by atoms with E-state index in [0.29, 0.717) is 12.6 Å². The molecule has 1 nitrogen and oxygen atoms in total. The molecule has 0 heterocycles. The Kier molecular flexibility index (Phi) is 6.59. The maximum absolute atomic E-state index is 11.7. The highest BCUT2D eigenvalue weighted by atomic mass is 32.2. The van der Waals surface area contributed by atoms with E-state index in [1.807, 2.05) is 13.2 Å². The number of halogens is 3. The van der Waals surface area contributed by atoms with Crippen molar-refractivity contribution in [3.8, 4) is 0 Å². The van der Waals surface area contributed by atoms with Gasteiger partial charge in [-0.05, 0) is 26.1 Å². The van der Waals surface area contributed by atoms with E-state index in [2.05, 4.69) is 5.32 Å². The standard InChI is InChI=1S/C8H16F3NS/c1-7(6-13-2)12-5-3-4-8(9,10)11/h7,12H,3-6H2,1-2H3. The Bertz CT molecular complexity index is 127. The second kappa shape index (κ2) is 6.54. The maximum Gasteiger partial charge on any atom is 0.389 e. The first-order valence-electron chi connectivity index (χ1n) is 4.25. The topological polar surface area (TPSA) is 12.0 Å². The van der Waals surface area contributed by atoms with E-state index in [0.717, 1.165) is 5.75 Å². The van der Waals surface area contributed by atoms with Gasteiger partial charge in [0.05, 0.1) is 0 Å². The third kappa shape index (κ3) is 10.0. The van der Waals surface area contributed by atoms with Crippen LogP contribution in [0.2, 0.25) is 0 Å². The first-order valence-corrected chi connectivity index (χ1v) is 5.64. The summed E-state index contributed by atoms with van der Waals surface area (Å²) >= 11 is 1.69. The summed E-state index contributed by atoms with van der Waals surface area (Å²) in [7, 11) is 0. The third-order valence-electron chi connectivity index (χ3n) is 1.55. The number of hydrogen-bond acceptors (Lipinski definition) is 2. The highest BCUT2D eigenvalue weighted by Crippen LogP contribution is 2.20. The molecule has 0 amide bonds. The van der Waals surface area contributed by atoms with Crippen LogP contribution in [0.5, 0.6) is 0 Å². The summed E-state index contributed by atoms with van der Waals surface area (Å²) in [5, 5.41) is 3.04. The van der Waals surface area contributed by atoms with Crippen molar-refractivity contribution in [2.45, 2.75) is 32.0 Å². The van der Waals surface area contributed by atoms with Crippen LogP contribution < -0.4 is 5.32 Å². The number of rotatable bonds is 6. The van der Waals surface area contributed by atoms with Crippen molar-refractivity contribution in [2.75, 3.05) is 18.6 Å². The summed E-state index contributed by atoms with van der Waals surface area (Å²) in [5.41, 5.74) is 0. The molecule has 0 saturated heterocycles. The van der Waals surface area contributed by atoms with Crippen LogP contribution >= 0.6 is 11.8 Å². The van der Waals surface area contributed by atoms with Crippen LogP contribution in [0.15, 0.2) is 0 Å². The van der Waals surface area contributed by atoms with E-state index in [-0.39, 0.29) is 6.42 Å². The predicted molar refractivity (Wildman–Crippen MR) is 51.1 cm³/mol. The van der Waals surface area contributed by atoms with E-state index < -0.39 is 12.6 Å². The second-order valence-electron chi connectivity index (χ2n) is 3.03. The Morgan fingerprint density at radius 2 is 2.00 bits per heavy atom. The molecule has 1 atom stereocenters. The van der Waals surface area contributed by atoms with Gasteiger partial charge < -0.3 is 5.32 Å². The van der Waals surface area contributed by atoms with Gasteiger partial charge in [-0.3, -0.25) is 0 Å². The zero-order chi connectivity index (χ0) is 10.3. The molecule has 5 heteroatoms. The Morgan fingerprint density at radius 1 is 1.38 bits per heavy atom. The normalized spacial score (nSPS) is 14.5. The van der Waals surface area contributed by atoms with Gasteiger partial charge >= 0.3 is 6.18 Å². The van der Waals surface area contributed by atoms with E-state index in [1.54, 1.807) is 11.8 Å². The van der Waals surface area contributed by atoms with Crippen LogP contribution in [0.25, 0.3) is 0 Å². The lowest BCUT2D eigenvalue weighted by atomic mass is 10.3. The SMILES string of the molecule is CSCC(C)NCCCC(F)(F)F. The summed E-state index contributed by atoms with van der Waals surface area (Å²) < 4.78 is 35.1. The van der Waals surface area contributed by atoms with Gasteiger partial charge in [0, 0.05) is 18.2 Å². The summed E-state index contributed by atoms with van der Waals surface area (Å²) in [6.45, 7) is 2.42. The Hall–Kier alpha value is 0.100. The van der Waals surface area contributed by atoms with Gasteiger partial charge in [0.2, 0.25) is 0 Å². The smallest absolute Gasteiger partial charge is 0.313 e. The van der Waals surface area contributed by atoms with Crippen molar-refractivity contribution in [1.82, 2.24) is 5.32 Å². The molecule has 0 radical (unpaired) electrons. The fourth-order valence-electron chi connectivity index (χ4n) is 0.946. The van der Waals surface area contributed by atoms with Crippen LogP contribution in [-0.2, 0) is 0 Å². The monoisotopic (exact) mass is 215 g/mol. The van der Waals surface area contributed by atoms with Crippen LogP contribution in [-0.4, -0.2) is 30.8 Å². The molecular weight excluding hydrogens is 199 g/mol. The summed E-state index contributed by atoms with van der Waals surface area (Å²) in [6.07, 6.45) is -2.55. The van der Waals surface area contributed by atoms with E-state index in [4.69, 9.17) is 0 Å². The molecule has 0 aromatic rings. The van der Waals surface area contributed by atoms with E-state index in [1.165, 1.54) is 0 Å². The van der Waals surface area contributed by atoms with Crippen LogP contribution in [0.4, 0.5) is 13.2 Å². The largest absolute Gasteiger partial charge is 0.389 e. The second-order valence-corrected chi connectivity index (χ2v) is 3.94. The van der Waals surface area contributed by atoms with Crippen molar-refractivity contribution in [2.24, 2.45) is 0 Å². The van der Waals surface area contributed by atoms with Crippen LogP contribution in [0, 0.1) is 0 Å². The van der Waals surface area contributed by atoms with Crippen LogP contribution in [0.3, 0.4) is 0 Å². The Balaban J connectivity index is 3.25. The maximum atomic E-state index is 11.7. The van der Waals surface area contributed by atoms with Gasteiger partial charge in [-0.2, -0.15) is 24.9 Å². The molecule has 0 aromatic carbocycles.